The molecule has 2 heterocycles. The molecular weight excluding hydrogens is 260 g/mol. The Hall–Kier alpha value is -0.870. The third-order valence-electron chi connectivity index (χ3n) is 3.86. The maximum atomic E-state index is 6.22. The molecule has 1 aromatic heterocycles. The van der Waals surface area contributed by atoms with Gasteiger partial charge in [-0.15, -0.1) is 0 Å². The lowest BCUT2D eigenvalue weighted by atomic mass is 10.0. The Morgan fingerprint density at radius 1 is 1.32 bits per heavy atom. The Balaban J connectivity index is 2.13. The highest BCUT2D eigenvalue weighted by atomic mass is 35.5. The van der Waals surface area contributed by atoms with Gasteiger partial charge in [0.05, 0.1) is 0 Å². The van der Waals surface area contributed by atoms with Crippen molar-refractivity contribution in [3.8, 4) is 0 Å². The molecule has 0 atom stereocenters. The minimum absolute atomic E-state index is 0.613. The second-order valence-electron chi connectivity index (χ2n) is 5.40. The van der Waals surface area contributed by atoms with E-state index in [1.807, 2.05) is 0 Å². The van der Waals surface area contributed by atoms with Crippen molar-refractivity contribution in [3.63, 3.8) is 0 Å². The van der Waals surface area contributed by atoms with Crippen molar-refractivity contribution in [2.75, 3.05) is 32.1 Å². The third-order valence-corrected chi connectivity index (χ3v) is 4.19. The molecule has 0 aromatic carbocycles. The molecule has 0 N–H and O–H groups in total. The molecule has 2 rings (SSSR count). The third kappa shape index (κ3) is 3.37. The summed E-state index contributed by atoms with van der Waals surface area (Å²) in [4.78, 5) is 13.3. The lowest BCUT2D eigenvalue weighted by molar-refractivity contribution is 0.249. The van der Waals surface area contributed by atoms with Crippen LogP contribution >= 0.6 is 11.6 Å². The smallest absolute Gasteiger partial charge is 0.137 e. The predicted octanol–water partition coefficient (Wildman–Crippen LogP) is 2.61. The van der Waals surface area contributed by atoms with Gasteiger partial charge in [0.2, 0.25) is 0 Å². The Labute approximate surface area is 120 Å². The number of nitrogens with zero attached hydrogens (tertiary/aromatic N) is 4. The SMILES string of the molecule is CCCc1c(Cl)ncnc1N1CCC(N(C)C)CC1. The van der Waals surface area contributed by atoms with E-state index >= 15 is 0 Å². The molecule has 0 unspecified atom stereocenters. The first-order valence-corrected chi connectivity index (χ1v) is 7.42. The molecule has 0 spiro atoms. The summed E-state index contributed by atoms with van der Waals surface area (Å²) in [6.45, 7) is 4.26. The topological polar surface area (TPSA) is 32.3 Å². The number of anilines is 1. The highest BCUT2D eigenvalue weighted by Crippen LogP contribution is 2.27. The maximum absolute atomic E-state index is 6.22. The standard InChI is InChI=1S/C14H23ClN4/c1-4-5-12-13(15)16-10-17-14(12)19-8-6-11(7-9-19)18(2)3/h10-11H,4-9H2,1-3H3. The molecule has 0 amide bonds. The molecule has 5 heteroatoms. The fourth-order valence-corrected chi connectivity index (χ4v) is 2.94. The van der Waals surface area contributed by atoms with Crippen LogP contribution in [0.15, 0.2) is 6.33 Å². The molecular formula is C14H23ClN4. The molecule has 1 saturated heterocycles. The monoisotopic (exact) mass is 282 g/mol. The van der Waals surface area contributed by atoms with Crippen molar-refractivity contribution < 1.29 is 0 Å². The molecule has 1 fully saturated rings. The van der Waals surface area contributed by atoms with Gasteiger partial charge >= 0.3 is 0 Å². The molecule has 4 nitrogen and oxygen atoms in total. The van der Waals surface area contributed by atoms with Gasteiger partial charge in [0.1, 0.15) is 17.3 Å². The summed E-state index contributed by atoms with van der Waals surface area (Å²) in [6, 6.07) is 0.684. The molecule has 19 heavy (non-hydrogen) atoms. The van der Waals surface area contributed by atoms with Crippen molar-refractivity contribution in [2.24, 2.45) is 0 Å². The van der Waals surface area contributed by atoms with E-state index in [1.54, 1.807) is 6.33 Å². The molecule has 106 valence electrons. The van der Waals surface area contributed by atoms with Gasteiger partial charge in [0, 0.05) is 24.7 Å². The lowest BCUT2D eigenvalue weighted by Gasteiger charge is -2.36. The molecule has 0 saturated carbocycles. The predicted molar refractivity (Wildman–Crippen MR) is 80.0 cm³/mol. The van der Waals surface area contributed by atoms with Gasteiger partial charge in [0.25, 0.3) is 0 Å². The number of hydrogen-bond acceptors (Lipinski definition) is 4. The van der Waals surface area contributed by atoms with Crippen LogP contribution in [0.1, 0.15) is 31.7 Å². The number of hydrogen-bond donors (Lipinski definition) is 0. The van der Waals surface area contributed by atoms with Crippen LogP contribution in [0.25, 0.3) is 0 Å². The fourth-order valence-electron chi connectivity index (χ4n) is 2.71. The fraction of sp³-hybridized carbons (Fsp3) is 0.714. The largest absolute Gasteiger partial charge is 0.356 e. The van der Waals surface area contributed by atoms with Gasteiger partial charge in [-0.2, -0.15) is 0 Å². The van der Waals surface area contributed by atoms with E-state index in [-0.39, 0.29) is 0 Å². The van der Waals surface area contributed by atoms with Crippen LogP contribution in [0.4, 0.5) is 5.82 Å². The molecule has 1 aliphatic heterocycles. The maximum Gasteiger partial charge on any atom is 0.137 e. The summed E-state index contributed by atoms with van der Waals surface area (Å²) in [6.07, 6.45) is 5.95. The van der Waals surface area contributed by atoms with E-state index < -0.39 is 0 Å². The molecule has 0 radical (unpaired) electrons. The van der Waals surface area contributed by atoms with E-state index in [1.165, 1.54) is 12.8 Å². The van der Waals surface area contributed by atoms with Gasteiger partial charge in [0.15, 0.2) is 0 Å². The van der Waals surface area contributed by atoms with Crippen LogP contribution in [-0.4, -0.2) is 48.1 Å². The van der Waals surface area contributed by atoms with Crippen LogP contribution in [-0.2, 0) is 6.42 Å². The van der Waals surface area contributed by atoms with Gasteiger partial charge in [-0.1, -0.05) is 24.9 Å². The lowest BCUT2D eigenvalue weighted by Crippen LogP contribution is -2.42. The minimum atomic E-state index is 0.613. The summed E-state index contributed by atoms with van der Waals surface area (Å²) in [5.74, 6) is 1.04. The summed E-state index contributed by atoms with van der Waals surface area (Å²) < 4.78 is 0. The van der Waals surface area contributed by atoms with Crippen molar-refractivity contribution in [3.05, 3.63) is 17.0 Å². The number of halogens is 1. The number of piperidine rings is 1. The molecule has 1 aliphatic rings. The van der Waals surface area contributed by atoms with E-state index in [4.69, 9.17) is 11.6 Å². The summed E-state index contributed by atoms with van der Waals surface area (Å²) >= 11 is 6.22. The number of aromatic nitrogens is 2. The zero-order valence-corrected chi connectivity index (χ0v) is 12.8. The van der Waals surface area contributed by atoms with Crippen molar-refractivity contribution >= 4 is 17.4 Å². The van der Waals surface area contributed by atoms with Gasteiger partial charge in [-0.25, -0.2) is 9.97 Å². The highest BCUT2D eigenvalue weighted by molar-refractivity contribution is 6.30. The minimum Gasteiger partial charge on any atom is -0.356 e. The Bertz CT molecular complexity index is 414. The van der Waals surface area contributed by atoms with E-state index in [9.17, 15) is 0 Å². The molecule has 0 aliphatic carbocycles. The zero-order valence-electron chi connectivity index (χ0n) is 12.1. The van der Waals surface area contributed by atoms with Crippen molar-refractivity contribution in [2.45, 2.75) is 38.6 Å². The Morgan fingerprint density at radius 2 is 2.00 bits per heavy atom. The normalized spacial score (nSPS) is 17.2. The van der Waals surface area contributed by atoms with Crippen LogP contribution in [0.3, 0.4) is 0 Å². The Kier molecular flexibility index (Phi) is 4.99. The zero-order chi connectivity index (χ0) is 13.8. The summed E-state index contributed by atoms with van der Waals surface area (Å²) in [5.41, 5.74) is 1.11. The molecule has 0 bridgehead atoms. The average molecular weight is 283 g/mol. The first-order valence-electron chi connectivity index (χ1n) is 7.04. The second-order valence-corrected chi connectivity index (χ2v) is 5.76. The van der Waals surface area contributed by atoms with Crippen molar-refractivity contribution in [1.29, 1.82) is 0 Å². The van der Waals surface area contributed by atoms with Gasteiger partial charge < -0.3 is 9.80 Å². The van der Waals surface area contributed by atoms with Crippen LogP contribution < -0.4 is 4.90 Å². The van der Waals surface area contributed by atoms with Crippen LogP contribution in [0.2, 0.25) is 5.15 Å². The van der Waals surface area contributed by atoms with Crippen molar-refractivity contribution in [1.82, 2.24) is 14.9 Å². The van der Waals surface area contributed by atoms with E-state index in [0.717, 1.165) is 37.3 Å². The quantitative estimate of drug-likeness (QED) is 0.795. The average Bonchev–Trinajstić information content (AvgIpc) is 2.41. The summed E-state index contributed by atoms with van der Waals surface area (Å²) in [7, 11) is 4.31. The van der Waals surface area contributed by atoms with Crippen LogP contribution in [0.5, 0.6) is 0 Å². The first kappa shape index (κ1) is 14.5. The summed E-state index contributed by atoms with van der Waals surface area (Å²) in [5, 5.41) is 0.613. The molecule has 1 aromatic rings. The Morgan fingerprint density at radius 3 is 2.58 bits per heavy atom. The van der Waals surface area contributed by atoms with Crippen LogP contribution in [0, 0.1) is 0 Å². The van der Waals surface area contributed by atoms with Gasteiger partial charge in [-0.3, -0.25) is 0 Å². The second kappa shape index (κ2) is 6.53. The van der Waals surface area contributed by atoms with Gasteiger partial charge in [-0.05, 0) is 33.4 Å². The van der Waals surface area contributed by atoms with E-state index in [2.05, 4.69) is 40.8 Å². The first-order chi connectivity index (χ1) is 9.13. The number of rotatable bonds is 4. The van der Waals surface area contributed by atoms with E-state index in [0.29, 0.717) is 11.2 Å². The highest BCUT2D eigenvalue weighted by Gasteiger charge is 2.23.